The molecular weight excluding hydrogens is 274 g/mol. The van der Waals surface area contributed by atoms with E-state index in [4.69, 9.17) is 4.98 Å². The molecule has 0 amide bonds. The molecular formula is C17H23N5. The van der Waals surface area contributed by atoms with Gasteiger partial charge < -0.3 is 15.2 Å². The quantitative estimate of drug-likeness (QED) is 0.911. The van der Waals surface area contributed by atoms with Gasteiger partial charge in [0.1, 0.15) is 5.82 Å². The molecule has 1 aliphatic heterocycles. The average molecular weight is 297 g/mol. The lowest BCUT2D eigenvalue weighted by Gasteiger charge is -2.16. The van der Waals surface area contributed by atoms with E-state index in [-0.39, 0.29) is 0 Å². The molecule has 2 heterocycles. The Kier molecular flexibility index (Phi) is 3.48. The number of aromatic nitrogens is 2. The Hall–Kier alpha value is -2.04. The second-order valence-electron chi connectivity index (χ2n) is 6.17. The van der Waals surface area contributed by atoms with Gasteiger partial charge in [0.2, 0.25) is 0 Å². The minimum atomic E-state index is 0.685. The summed E-state index contributed by atoms with van der Waals surface area (Å²) < 4.78 is 2.44. The van der Waals surface area contributed by atoms with Gasteiger partial charge in [0.05, 0.1) is 11.0 Å². The molecule has 1 aliphatic carbocycles. The molecule has 0 saturated heterocycles. The Morgan fingerprint density at radius 1 is 1.36 bits per heavy atom. The van der Waals surface area contributed by atoms with Crippen molar-refractivity contribution in [3.8, 4) is 0 Å². The SMILES string of the molecule is CCc1nc2cc(CNC3=NCCCN3)ccc2n1C1CC1. The molecule has 1 fully saturated rings. The highest BCUT2D eigenvalue weighted by atomic mass is 15.2. The zero-order valence-corrected chi connectivity index (χ0v) is 13.1. The van der Waals surface area contributed by atoms with Crippen LogP contribution in [0.2, 0.25) is 0 Å². The second kappa shape index (κ2) is 5.63. The maximum Gasteiger partial charge on any atom is 0.191 e. The van der Waals surface area contributed by atoms with Crippen molar-refractivity contribution in [3.05, 3.63) is 29.6 Å². The van der Waals surface area contributed by atoms with Crippen molar-refractivity contribution < 1.29 is 0 Å². The smallest absolute Gasteiger partial charge is 0.191 e. The molecule has 1 aromatic carbocycles. The van der Waals surface area contributed by atoms with Gasteiger partial charge in [-0.15, -0.1) is 0 Å². The van der Waals surface area contributed by atoms with Crippen LogP contribution < -0.4 is 10.6 Å². The zero-order chi connectivity index (χ0) is 14.9. The molecule has 1 aromatic heterocycles. The third-order valence-electron chi connectivity index (χ3n) is 4.41. The van der Waals surface area contributed by atoms with Crippen molar-refractivity contribution in [3.63, 3.8) is 0 Å². The Balaban J connectivity index is 1.56. The zero-order valence-electron chi connectivity index (χ0n) is 13.1. The van der Waals surface area contributed by atoms with Gasteiger partial charge in [-0.25, -0.2) is 4.98 Å². The summed E-state index contributed by atoms with van der Waals surface area (Å²) in [6, 6.07) is 7.33. The molecule has 0 bridgehead atoms. The Morgan fingerprint density at radius 3 is 3.00 bits per heavy atom. The highest BCUT2D eigenvalue weighted by Crippen LogP contribution is 2.38. The van der Waals surface area contributed by atoms with E-state index >= 15 is 0 Å². The standard InChI is InChI=1S/C17H23N5/c1-2-16-21-14-10-12(11-20-17-18-8-3-9-19-17)4-7-15(14)22(16)13-5-6-13/h4,7,10,13H,2-3,5-6,8-9,11H2,1H3,(H2,18,19,20). The van der Waals surface area contributed by atoms with Gasteiger partial charge in [-0.05, 0) is 37.0 Å². The Labute approximate surface area is 130 Å². The van der Waals surface area contributed by atoms with Crippen molar-refractivity contribution in [2.24, 2.45) is 4.99 Å². The van der Waals surface area contributed by atoms with Gasteiger partial charge in [0, 0.05) is 32.1 Å². The molecule has 22 heavy (non-hydrogen) atoms. The van der Waals surface area contributed by atoms with Crippen molar-refractivity contribution in [1.82, 2.24) is 20.2 Å². The number of nitrogens with zero attached hydrogens (tertiary/aromatic N) is 3. The van der Waals surface area contributed by atoms with E-state index < -0.39 is 0 Å². The average Bonchev–Trinajstić information content (AvgIpc) is 3.34. The Morgan fingerprint density at radius 2 is 2.27 bits per heavy atom. The fourth-order valence-electron chi connectivity index (χ4n) is 3.13. The Bertz CT molecular complexity index is 711. The van der Waals surface area contributed by atoms with E-state index in [1.165, 1.54) is 29.7 Å². The maximum absolute atomic E-state index is 4.84. The molecule has 0 unspecified atom stereocenters. The molecule has 0 atom stereocenters. The molecule has 116 valence electrons. The lowest BCUT2D eigenvalue weighted by atomic mass is 10.2. The first-order valence-electron chi connectivity index (χ1n) is 8.37. The van der Waals surface area contributed by atoms with Crippen LogP contribution >= 0.6 is 0 Å². The van der Waals surface area contributed by atoms with Crippen molar-refractivity contribution in [2.45, 2.75) is 45.2 Å². The number of benzene rings is 1. The fourth-order valence-corrected chi connectivity index (χ4v) is 3.13. The van der Waals surface area contributed by atoms with Crippen LogP contribution in [0.3, 0.4) is 0 Å². The number of fused-ring (bicyclic) bond motifs is 1. The summed E-state index contributed by atoms with van der Waals surface area (Å²) in [5, 5.41) is 6.67. The fraction of sp³-hybridized carbons (Fsp3) is 0.529. The number of nitrogens with one attached hydrogen (secondary N) is 2. The number of hydrogen-bond acceptors (Lipinski definition) is 4. The molecule has 0 radical (unpaired) electrons. The van der Waals surface area contributed by atoms with Gasteiger partial charge in [0.15, 0.2) is 5.96 Å². The van der Waals surface area contributed by atoms with Crippen LogP contribution in [-0.4, -0.2) is 28.6 Å². The molecule has 4 rings (SSSR count). The van der Waals surface area contributed by atoms with E-state index in [1.54, 1.807) is 0 Å². The van der Waals surface area contributed by atoms with Crippen molar-refractivity contribution in [2.75, 3.05) is 13.1 Å². The minimum Gasteiger partial charge on any atom is -0.356 e. The number of guanidine groups is 1. The monoisotopic (exact) mass is 297 g/mol. The van der Waals surface area contributed by atoms with Crippen molar-refractivity contribution >= 4 is 17.0 Å². The van der Waals surface area contributed by atoms with Crippen LogP contribution in [0, 0.1) is 0 Å². The highest BCUT2D eigenvalue weighted by Gasteiger charge is 2.27. The molecule has 1 saturated carbocycles. The van der Waals surface area contributed by atoms with E-state index in [1.807, 2.05) is 0 Å². The van der Waals surface area contributed by atoms with E-state index in [2.05, 4.69) is 45.3 Å². The van der Waals surface area contributed by atoms with Gasteiger partial charge in [-0.1, -0.05) is 13.0 Å². The number of hydrogen-bond donors (Lipinski definition) is 2. The first-order chi connectivity index (χ1) is 10.8. The topological polar surface area (TPSA) is 54.2 Å². The van der Waals surface area contributed by atoms with Gasteiger partial charge >= 0.3 is 0 Å². The first kappa shape index (κ1) is 13.6. The number of aliphatic imine (C=N–C) groups is 1. The predicted octanol–water partition coefficient (Wildman–Crippen LogP) is 2.37. The largest absolute Gasteiger partial charge is 0.356 e. The molecule has 5 nitrogen and oxygen atoms in total. The summed E-state index contributed by atoms with van der Waals surface area (Å²) in [6.45, 7) is 4.91. The summed E-state index contributed by atoms with van der Waals surface area (Å²) in [5.41, 5.74) is 3.67. The summed E-state index contributed by atoms with van der Waals surface area (Å²) in [5.74, 6) is 2.14. The molecule has 2 aliphatic rings. The van der Waals surface area contributed by atoms with Crippen molar-refractivity contribution in [1.29, 1.82) is 0 Å². The molecule has 0 spiro atoms. The maximum atomic E-state index is 4.84. The number of aryl methyl sites for hydroxylation is 1. The first-order valence-corrected chi connectivity index (χ1v) is 8.37. The molecule has 2 aromatic rings. The lowest BCUT2D eigenvalue weighted by molar-refractivity contribution is 0.702. The summed E-state index contributed by atoms with van der Waals surface area (Å²) in [7, 11) is 0. The van der Waals surface area contributed by atoms with Gasteiger partial charge in [-0.2, -0.15) is 0 Å². The van der Waals surface area contributed by atoms with Crippen LogP contribution in [0.4, 0.5) is 0 Å². The molecule has 5 heteroatoms. The van der Waals surface area contributed by atoms with Crippen LogP contribution in [0.5, 0.6) is 0 Å². The number of imidazole rings is 1. The third kappa shape index (κ3) is 2.56. The van der Waals surface area contributed by atoms with Crippen LogP contribution in [0.1, 0.15) is 43.6 Å². The lowest BCUT2D eigenvalue weighted by Crippen LogP contribution is -2.40. The van der Waals surface area contributed by atoms with Gasteiger partial charge in [-0.3, -0.25) is 4.99 Å². The van der Waals surface area contributed by atoms with E-state index in [0.717, 1.165) is 44.0 Å². The minimum absolute atomic E-state index is 0.685. The van der Waals surface area contributed by atoms with Crippen LogP contribution in [-0.2, 0) is 13.0 Å². The molecule has 2 N–H and O–H groups in total. The summed E-state index contributed by atoms with van der Waals surface area (Å²) >= 11 is 0. The number of rotatable bonds is 4. The summed E-state index contributed by atoms with van der Waals surface area (Å²) in [4.78, 5) is 9.28. The third-order valence-corrected chi connectivity index (χ3v) is 4.41. The van der Waals surface area contributed by atoms with E-state index in [0.29, 0.717) is 6.04 Å². The summed E-state index contributed by atoms with van der Waals surface area (Å²) in [6.07, 6.45) is 4.72. The van der Waals surface area contributed by atoms with E-state index in [9.17, 15) is 0 Å². The van der Waals surface area contributed by atoms with Crippen LogP contribution in [0.15, 0.2) is 23.2 Å². The van der Waals surface area contributed by atoms with Crippen LogP contribution in [0.25, 0.3) is 11.0 Å². The van der Waals surface area contributed by atoms with Gasteiger partial charge in [0.25, 0.3) is 0 Å². The highest BCUT2D eigenvalue weighted by molar-refractivity contribution is 5.81. The normalized spacial score (nSPS) is 18.1. The second-order valence-corrected chi connectivity index (χ2v) is 6.17. The predicted molar refractivity (Wildman–Crippen MR) is 89.1 cm³/mol.